The van der Waals surface area contributed by atoms with Gasteiger partial charge in [-0.25, -0.2) is 9.37 Å². The molecule has 1 heterocycles. The second kappa shape index (κ2) is 2.97. The molecular weight excluding hydrogens is 147 g/mol. The molecular formula is C7H5FN2O. The first-order valence-electron chi connectivity index (χ1n) is 2.87. The fraction of sp³-hybridized carbons (Fsp3) is 0.143. The first kappa shape index (κ1) is 7.48. The topological polar surface area (TPSA) is 45.9 Å². The first-order chi connectivity index (χ1) is 5.27. The van der Waals surface area contributed by atoms with Crippen LogP contribution in [0.15, 0.2) is 12.3 Å². The molecule has 0 aliphatic rings. The third kappa shape index (κ3) is 1.44. The lowest BCUT2D eigenvalue weighted by molar-refractivity contribution is 0.369. The van der Waals surface area contributed by atoms with Crippen LogP contribution in [-0.4, -0.2) is 12.1 Å². The molecule has 3 nitrogen and oxygen atoms in total. The van der Waals surface area contributed by atoms with E-state index < -0.39 is 5.82 Å². The summed E-state index contributed by atoms with van der Waals surface area (Å²) in [6.07, 6.45) is 1.25. The number of nitrogens with zero attached hydrogens (tertiary/aromatic N) is 2. The molecule has 0 saturated carbocycles. The quantitative estimate of drug-likeness (QED) is 0.605. The molecule has 1 aromatic heterocycles. The van der Waals surface area contributed by atoms with Crippen LogP contribution in [0.3, 0.4) is 0 Å². The van der Waals surface area contributed by atoms with Crippen LogP contribution >= 0.6 is 0 Å². The normalized spacial score (nSPS) is 8.82. The Morgan fingerprint density at radius 3 is 2.91 bits per heavy atom. The number of aromatic nitrogens is 1. The summed E-state index contributed by atoms with van der Waals surface area (Å²) in [5, 5.41) is 8.33. The highest BCUT2D eigenvalue weighted by Crippen LogP contribution is 2.12. The molecule has 0 radical (unpaired) electrons. The number of methoxy groups -OCH3 is 1. The fourth-order valence-electron chi connectivity index (χ4n) is 0.637. The van der Waals surface area contributed by atoms with Crippen molar-refractivity contribution >= 4 is 0 Å². The minimum atomic E-state index is -0.619. The van der Waals surface area contributed by atoms with Crippen molar-refractivity contribution in [2.75, 3.05) is 7.11 Å². The molecule has 4 heteroatoms. The highest BCUT2D eigenvalue weighted by molar-refractivity contribution is 5.29. The summed E-state index contributed by atoms with van der Waals surface area (Å²) >= 11 is 0. The van der Waals surface area contributed by atoms with Gasteiger partial charge >= 0.3 is 0 Å². The second-order valence-electron chi connectivity index (χ2n) is 1.83. The molecule has 0 fully saturated rings. The Balaban J connectivity index is 3.12. The predicted molar refractivity (Wildman–Crippen MR) is 35.5 cm³/mol. The maximum Gasteiger partial charge on any atom is 0.250 e. The maximum atomic E-state index is 12.7. The molecule has 11 heavy (non-hydrogen) atoms. The van der Waals surface area contributed by atoms with Crippen LogP contribution < -0.4 is 4.74 Å². The third-order valence-corrected chi connectivity index (χ3v) is 1.13. The van der Waals surface area contributed by atoms with Crippen molar-refractivity contribution in [2.24, 2.45) is 0 Å². The van der Waals surface area contributed by atoms with E-state index in [9.17, 15) is 4.39 Å². The Hall–Kier alpha value is -1.63. The van der Waals surface area contributed by atoms with Gasteiger partial charge in [-0.3, -0.25) is 0 Å². The van der Waals surface area contributed by atoms with Gasteiger partial charge in [0.05, 0.1) is 12.7 Å². The number of rotatable bonds is 1. The molecule has 0 aliphatic carbocycles. The van der Waals surface area contributed by atoms with Gasteiger partial charge in [-0.1, -0.05) is 0 Å². The van der Waals surface area contributed by atoms with E-state index in [2.05, 4.69) is 9.72 Å². The molecule has 0 bridgehead atoms. The lowest BCUT2D eigenvalue weighted by Crippen LogP contribution is -1.92. The van der Waals surface area contributed by atoms with Crippen LogP contribution in [0.4, 0.5) is 4.39 Å². The molecule has 0 atom stereocenters. The number of pyridine rings is 1. The van der Waals surface area contributed by atoms with Gasteiger partial charge in [0.15, 0.2) is 5.82 Å². The van der Waals surface area contributed by atoms with E-state index in [0.29, 0.717) is 0 Å². The standard InChI is InChI=1S/C7H5FN2O/c1-11-7-6(8)2-5(3-9)4-10-7/h2,4H,1H3. The van der Waals surface area contributed by atoms with Crippen LogP contribution in [-0.2, 0) is 0 Å². The van der Waals surface area contributed by atoms with E-state index in [1.54, 1.807) is 6.07 Å². The lowest BCUT2D eigenvalue weighted by atomic mass is 10.3. The molecule has 1 rings (SSSR count). The van der Waals surface area contributed by atoms with E-state index in [-0.39, 0.29) is 11.4 Å². The van der Waals surface area contributed by atoms with Crippen LogP contribution in [0.25, 0.3) is 0 Å². The van der Waals surface area contributed by atoms with Gasteiger partial charge in [0.1, 0.15) is 6.07 Å². The number of nitriles is 1. The highest BCUT2D eigenvalue weighted by Gasteiger charge is 2.03. The SMILES string of the molecule is COc1ncc(C#N)cc1F. The van der Waals surface area contributed by atoms with Crippen LogP contribution in [0, 0.1) is 17.1 Å². The molecule has 0 saturated heterocycles. The monoisotopic (exact) mass is 152 g/mol. The Bertz CT molecular complexity index is 306. The summed E-state index contributed by atoms with van der Waals surface area (Å²) in [5.74, 6) is -0.712. The Morgan fingerprint density at radius 1 is 1.73 bits per heavy atom. The minimum Gasteiger partial charge on any atom is -0.479 e. The summed E-state index contributed by atoms with van der Waals surface area (Å²) in [5.41, 5.74) is 0.184. The summed E-state index contributed by atoms with van der Waals surface area (Å²) in [7, 11) is 1.32. The Kier molecular flexibility index (Phi) is 2.02. The molecule has 1 aromatic rings. The number of ether oxygens (including phenoxy) is 1. The van der Waals surface area contributed by atoms with E-state index in [4.69, 9.17) is 5.26 Å². The van der Waals surface area contributed by atoms with Crippen molar-refractivity contribution in [3.63, 3.8) is 0 Å². The van der Waals surface area contributed by atoms with E-state index in [0.717, 1.165) is 6.07 Å². The molecule has 0 spiro atoms. The Labute approximate surface area is 63.1 Å². The smallest absolute Gasteiger partial charge is 0.250 e. The van der Waals surface area contributed by atoms with Crippen LogP contribution in [0.5, 0.6) is 5.88 Å². The largest absolute Gasteiger partial charge is 0.479 e. The van der Waals surface area contributed by atoms with Crippen LogP contribution in [0.1, 0.15) is 5.56 Å². The van der Waals surface area contributed by atoms with Crippen LogP contribution in [0.2, 0.25) is 0 Å². The van der Waals surface area contributed by atoms with Gasteiger partial charge in [0.2, 0.25) is 5.88 Å². The van der Waals surface area contributed by atoms with Crippen molar-refractivity contribution in [3.8, 4) is 11.9 Å². The van der Waals surface area contributed by atoms with Crippen molar-refractivity contribution < 1.29 is 9.13 Å². The van der Waals surface area contributed by atoms with Gasteiger partial charge in [-0.05, 0) is 6.07 Å². The number of hydrogen-bond donors (Lipinski definition) is 0. The first-order valence-corrected chi connectivity index (χ1v) is 2.87. The van der Waals surface area contributed by atoms with Crippen molar-refractivity contribution in [3.05, 3.63) is 23.6 Å². The fourth-order valence-corrected chi connectivity index (χ4v) is 0.637. The zero-order valence-electron chi connectivity index (χ0n) is 5.84. The Morgan fingerprint density at radius 2 is 2.45 bits per heavy atom. The van der Waals surface area contributed by atoms with E-state index in [1.165, 1.54) is 13.3 Å². The van der Waals surface area contributed by atoms with Crippen molar-refractivity contribution in [1.82, 2.24) is 4.98 Å². The van der Waals surface area contributed by atoms with Gasteiger partial charge in [0.25, 0.3) is 0 Å². The third-order valence-electron chi connectivity index (χ3n) is 1.13. The lowest BCUT2D eigenvalue weighted by Gasteiger charge is -1.97. The molecule has 0 aromatic carbocycles. The molecule has 0 amide bonds. The number of halogens is 1. The number of hydrogen-bond acceptors (Lipinski definition) is 3. The molecule has 56 valence electrons. The average molecular weight is 152 g/mol. The average Bonchev–Trinajstić information content (AvgIpc) is 2.04. The van der Waals surface area contributed by atoms with Crippen molar-refractivity contribution in [2.45, 2.75) is 0 Å². The minimum absolute atomic E-state index is 0.0935. The molecule has 0 unspecified atom stereocenters. The van der Waals surface area contributed by atoms with Gasteiger partial charge in [0, 0.05) is 6.20 Å². The molecule has 0 aliphatic heterocycles. The predicted octanol–water partition coefficient (Wildman–Crippen LogP) is 1.10. The summed E-state index contributed by atoms with van der Waals surface area (Å²) in [6.45, 7) is 0. The van der Waals surface area contributed by atoms with E-state index >= 15 is 0 Å². The summed E-state index contributed by atoms with van der Waals surface area (Å²) in [4.78, 5) is 3.55. The van der Waals surface area contributed by atoms with E-state index in [1.807, 2.05) is 0 Å². The highest BCUT2D eigenvalue weighted by atomic mass is 19.1. The van der Waals surface area contributed by atoms with Gasteiger partial charge in [-0.15, -0.1) is 0 Å². The summed E-state index contributed by atoms with van der Waals surface area (Å²) in [6, 6.07) is 2.84. The van der Waals surface area contributed by atoms with Gasteiger partial charge < -0.3 is 4.74 Å². The second-order valence-corrected chi connectivity index (χ2v) is 1.83. The summed E-state index contributed by atoms with van der Waals surface area (Å²) < 4.78 is 17.2. The van der Waals surface area contributed by atoms with Gasteiger partial charge in [-0.2, -0.15) is 5.26 Å². The zero-order valence-corrected chi connectivity index (χ0v) is 5.84. The molecule has 0 N–H and O–H groups in total. The zero-order chi connectivity index (χ0) is 8.27. The maximum absolute atomic E-state index is 12.7. The van der Waals surface area contributed by atoms with Crippen molar-refractivity contribution in [1.29, 1.82) is 5.26 Å².